The van der Waals surface area contributed by atoms with E-state index in [4.69, 9.17) is 9.47 Å². The van der Waals surface area contributed by atoms with Crippen LogP contribution >= 0.6 is 11.3 Å². The van der Waals surface area contributed by atoms with E-state index in [0.717, 1.165) is 20.9 Å². The summed E-state index contributed by atoms with van der Waals surface area (Å²) in [7, 11) is 3.22. The largest absolute Gasteiger partial charge is 0.493 e. The molecule has 0 aliphatic carbocycles. The van der Waals surface area contributed by atoms with Crippen LogP contribution < -0.4 is 14.8 Å². The molecule has 1 amide bonds. The Bertz CT molecular complexity index is 1140. The summed E-state index contributed by atoms with van der Waals surface area (Å²) in [5.74, 6) is 1.28. The molecule has 0 radical (unpaired) electrons. The zero-order valence-electron chi connectivity index (χ0n) is 16.2. The number of hydrogen-bond acceptors (Lipinski definition) is 5. The molecule has 4 aromatic rings. The first kappa shape index (κ1) is 19.0. The number of nitrogens with zero attached hydrogens (tertiary/aromatic N) is 2. The minimum atomic E-state index is -0.0942. The van der Waals surface area contributed by atoms with E-state index in [1.54, 1.807) is 25.6 Å². The Morgan fingerprint density at radius 3 is 2.62 bits per heavy atom. The van der Waals surface area contributed by atoms with Gasteiger partial charge in [-0.3, -0.25) is 4.79 Å². The Hall–Kier alpha value is -3.32. The van der Waals surface area contributed by atoms with Crippen molar-refractivity contribution < 1.29 is 14.3 Å². The molecule has 1 N–H and O–H groups in total. The first-order valence-electron chi connectivity index (χ1n) is 9.21. The Morgan fingerprint density at radius 1 is 1.07 bits per heavy atom. The average Bonchev–Trinajstić information content (AvgIpc) is 3.42. The summed E-state index contributed by atoms with van der Waals surface area (Å²) in [6.07, 6.45) is 4.62. The average molecular weight is 407 g/mol. The van der Waals surface area contributed by atoms with Crippen molar-refractivity contribution in [2.45, 2.75) is 6.42 Å². The predicted molar refractivity (Wildman–Crippen MR) is 115 cm³/mol. The first-order chi connectivity index (χ1) is 14.2. The number of fused-ring (bicyclic) bond motifs is 1. The van der Waals surface area contributed by atoms with Gasteiger partial charge in [0.1, 0.15) is 0 Å². The van der Waals surface area contributed by atoms with E-state index in [1.807, 2.05) is 65.5 Å². The van der Waals surface area contributed by atoms with E-state index in [-0.39, 0.29) is 5.91 Å². The lowest BCUT2D eigenvalue weighted by atomic mass is 10.1. The molecule has 4 rings (SSSR count). The number of ether oxygens (including phenoxy) is 2. The molecule has 148 valence electrons. The number of carbonyl (C=O) groups is 1. The van der Waals surface area contributed by atoms with E-state index in [1.165, 1.54) is 0 Å². The second kappa shape index (κ2) is 8.36. The number of aromatic nitrogens is 2. The van der Waals surface area contributed by atoms with Crippen LogP contribution in [0.1, 0.15) is 15.9 Å². The summed E-state index contributed by atoms with van der Waals surface area (Å²) in [4.78, 5) is 17.2. The lowest BCUT2D eigenvalue weighted by Gasteiger charge is -2.10. The molecule has 7 heteroatoms. The molecular weight excluding hydrogens is 386 g/mol. The summed E-state index contributed by atoms with van der Waals surface area (Å²) in [5.41, 5.74) is 2.59. The fourth-order valence-electron chi connectivity index (χ4n) is 3.08. The Balaban J connectivity index is 1.41. The molecule has 0 saturated carbocycles. The zero-order chi connectivity index (χ0) is 20.2. The van der Waals surface area contributed by atoms with Crippen molar-refractivity contribution in [3.05, 3.63) is 72.1 Å². The van der Waals surface area contributed by atoms with Crippen LogP contribution in [-0.4, -0.2) is 36.2 Å². The van der Waals surface area contributed by atoms with Crippen LogP contribution in [-0.2, 0) is 6.42 Å². The molecule has 0 aliphatic rings. The number of hydrogen-bond donors (Lipinski definition) is 1. The van der Waals surface area contributed by atoms with Crippen molar-refractivity contribution in [3.63, 3.8) is 0 Å². The highest BCUT2D eigenvalue weighted by atomic mass is 32.1. The molecule has 0 spiro atoms. The van der Waals surface area contributed by atoms with Crippen molar-refractivity contribution in [1.82, 2.24) is 14.9 Å². The first-order valence-corrected chi connectivity index (χ1v) is 10.0. The normalized spacial score (nSPS) is 10.8. The molecule has 0 fully saturated rings. The summed E-state index contributed by atoms with van der Waals surface area (Å²) >= 11 is 1.56. The van der Waals surface area contributed by atoms with Crippen LogP contribution in [0.25, 0.3) is 15.3 Å². The quantitative estimate of drug-likeness (QED) is 0.501. The van der Waals surface area contributed by atoms with Crippen LogP contribution in [0.4, 0.5) is 0 Å². The van der Waals surface area contributed by atoms with Crippen LogP contribution in [0, 0.1) is 0 Å². The maximum Gasteiger partial charge on any atom is 0.251 e. The van der Waals surface area contributed by atoms with Gasteiger partial charge in [0, 0.05) is 24.5 Å². The van der Waals surface area contributed by atoms with E-state index in [2.05, 4.69) is 10.3 Å². The molecule has 0 aliphatic heterocycles. The molecule has 0 bridgehead atoms. The van der Waals surface area contributed by atoms with E-state index < -0.39 is 0 Å². The molecule has 29 heavy (non-hydrogen) atoms. The second-order valence-electron chi connectivity index (χ2n) is 6.46. The van der Waals surface area contributed by atoms with Crippen molar-refractivity contribution in [2.75, 3.05) is 20.8 Å². The molecule has 2 aromatic carbocycles. The van der Waals surface area contributed by atoms with Crippen molar-refractivity contribution in [2.24, 2.45) is 0 Å². The van der Waals surface area contributed by atoms with Gasteiger partial charge in [-0.2, -0.15) is 0 Å². The number of nitrogens with one attached hydrogen (secondary N) is 1. The van der Waals surface area contributed by atoms with Gasteiger partial charge in [0.15, 0.2) is 16.6 Å². The van der Waals surface area contributed by atoms with Crippen molar-refractivity contribution in [3.8, 4) is 16.6 Å². The minimum absolute atomic E-state index is 0.0942. The van der Waals surface area contributed by atoms with E-state index >= 15 is 0 Å². The summed E-state index contributed by atoms with van der Waals surface area (Å²) < 4.78 is 13.5. The Kier molecular flexibility index (Phi) is 5.48. The highest BCUT2D eigenvalue weighted by molar-refractivity contribution is 7.20. The van der Waals surface area contributed by atoms with E-state index in [0.29, 0.717) is 30.0 Å². The topological polar surface area (TPSA) is 65.4 Å². The summed E-state index contributed by atoms with van der Waals surface area (Å²) in [6.45, 7) is 0.531. The number of methoxy groups -OCH3 is 2. The van der Waals surface area contributed by atoms with E-state index in [9.17, 15) is 4.79 Å². The van der Waals surface area contributed by atoms with Gasteiger partial charge in [0.25, 0.3) is 5.91 Å². The number of carbonyl (C=O) groups excluding carboxylic acids is 1. The molecule has 0 atom stereocenters. The summed E-state index contributed by atoms with van der Waals surface area (Å²) in [5, 5.41) is 3.87. The lowest BCUT2D eigenvalue weighted by Crippen LogP contribution is -2.25. The monoisotopic (exact) mass is 407 g/mol. The molecule has 6 nitrogen and oxygen atoms in total. The van der Waals surface area contributed by atoms with Crippen LogP contribution in [0.5, 0.6) is 11.5 Å². The molecule has 0 saturated heterocycles. The summed E-state index contributed by atoms with van der Waals surface area (Å²) in [6, 6.07) is 15.3. The number of benzene rings is 2. The smallest absolute Gasteiger partial charge is 0.251 e. The third kappa shape index (κ3) is 4.09. The second-order valence-corrected chi connectivity index (χ2v) is 7.47. The lowest BCUT2D eigenvalue weighted by molar-refractivity contribution is 0.0954. The van der Waals surface area contributed by atoms with Gasteiger partial charge in [-0.25, -0.2) is 4.98 Å². The predicted octanol–water partition coefficient (Wildman–Crippen LogP) is 4.08. The van der Waals surface area contributed by atoms with Crippen molar-refractivity contribution in [1.29, 1.82) is 0 Å². The number of amides is 1. The third-order valence-corrected chi connectivity index (χ3v) is 5.64. The fraction of sp³-hybridized carbons (Fsp3) is 0.182. The van der Waals surface area contributed by atoms with Gasteiger partial charge in [0.2, 0.25) is 0 Å². The maximum absolute atomic E-state index is 12.6. The number of thiazole rings is 1. The van der Waals surface area contributed by atoms with Crippen LogP contribution in [0.3, 0.4) is 0 Å². The SMILES string of the molecule is COc1ccc(CCNC(=O)c2ccc3nc(-n4cccc4)sc3c2)cc1OC. The highest BCUT2D eigenvalue weighted by Gasteiger charge is 2.11. The molecule has 0 unspecified atom stereocenters. The number of rotatable bonds is 7. The van der Waals surface area contributed by atoms with Gasteiger partial charge in [-0.1, -0.05) is 17.4 Å². The van der Waals surface area contributed by atoms with Gasteiger partial charge in [0.05, 0.1) is 24.4 Å². The zero-order valence-corrected chi connectivity index (χ0v) is 17.0. The maximum atomic E-state index is 12.6. The van der Waals surface area contributed by atoms with Crippen molar-refractivity contribution >= 4 is 27.5 Å². The van der Waals surface area contributed by atoms with Gasteiger partial charge >= 0.3 is 0 Å². The Labute approximate surface area is 172 Å². The van der Waals surface area contributed by atoms with Gasteiger partial charge in [-0.05, 0) is 54.4 Å². The standard InChI is InChI=1S/C22H21N3O3S/c1-27-18-8-5-15(13-19(18)28-2)9-10-23-21(26)16-6-7-17-20(14-16)29-22(24-17)25-11-3-4-12-25/h3-8,11-14H,9-10H2,1-2H3,(H,23,26). The Morgan fingerprint density at radius 2 is 1.86 bits per heavy atom. The van der Waals surface area contributed by atoms with Gasteiger partial charge in [-0.15, -0.1) is 0 Å². The molecule has 2 aromatic heterocycles. The van der Waals surface area contributed by atoms with Crippen LogP contribution in [0.2, 0.25) is 0 Å². The van der Waals surface area contributed by atoms with Gasteiger partial charge < -0.3 is 19.4 Å². The fourth-order valence-corrected chi connectivity index (χ4v) is 4.06. The van der Waals surface area contributed by atoms with Crippen LogP contribution in [0.15, 0.2) is 60.9 Å². The minimum Gasteiger partial charge on any atom is -0.493 e. The molecule has 2 heterocycles. The highest BCUT2D eigenvalue weighted by Crippen LogP contribution is 2.28. The third-order valence-electron chi connectivity index (χ3n) is 4.61. The molecular formula is C22H21N3O3S.